The molecular formula is C48H75N3O53S5. The number of carbonyl (C=O) groups excluding carboxylic acids is 3. The third kappa shape index (κ3) is 23.0. The highest BCUT2D eigenvalue weighted by molar-refractivity contribution is 7.81. The van der Waals surface area contributed by atoms with E-state index in [-0.39, 0.29) is 0 Å². The Labute approximate surface area is 611 Å². The van der Waals surface area contributed by atoms with Gasteiger partial charge in [-0.3, -0.25) is 37.1 Å². The average molecular weight is 1700 g/mol. The largest absolute Gasteiger partial charge is 0.479 e. The zero-order chi connectivity index (χ0) is 82.1. The number of aliphatic carboxylic acids is 3. The minimum absolute atomic E-state index is 0.599. The molecule has 7 heterocycles. The van der Waals surface area contributed by atoms with E-state index in [9.17, 15) is 165 Å². The molecule has 0 aromatic rings. The van der Waals surface area contributed by atoms with Crippen LogP contribution in [-0.4, -0.2) is 407 Å². The summed E-state index contributed by atoms with van der Waals surface area (Å²) in [6.07, 6.45) is -87.0. The summed E-state index contributed by atoms with van der Waals surface area (Å²) in [6, 6.07) is -7.50. The first-order chi connectivity index (χ1) is 50.2. The lowest BCUT2D eigenvalue weighted by Gasteiger charge is -2.52. The molecule has 109 heavy (non-hydrogen) atoms. The molecule has 7 aliphatic rings. The molecular weight excluding hydrogens is 1630 g/mol. The molecule has 0 aromatic heterocycles. The molecule has 0 saturated carbocycles. The summed E-state index contributed by atoms with van der Waals surface area (Å²) in [6.45, 7) is -1.66. The van der Waals surface area contributed by atoms with Gasteiger partial charge in [-0.15, -0.1) is 0 Å². The van der Waals surface area contributed by atoms with Crippen molar-refractivity contribution in [2.24, 2.45) is 0 Å². The van der Waals surface area contributed by atoms with E-state index >= 15 is 0 Å². The van der Waals surface area contributed by atoms with E-state index in [1.165, 1.54) is 0 Å². The highest BCUT2D eigenvalue weighted by Crippen LogP contribution is 2.41. The standard InChI is InChI=1S/C48H75N3O53S5/c1-8-18(58)19(59)20(60)45(87-8)94-32-23(63)47(91-28-15(49-9(2)55)42(71)88-12(5-52)25(28)100-105(72,73)74)98-37(40(67)68)35(32)96-43-16(50-10(3)56)30(27(13(6-53)89-43)102-107(78,79)80)93-48-24(64)33(104-109(84,85)86)36(38(99-48)41(69)70)97-44-17(51-11(4)57)29(26(14(7-54)90-44)101-106(75,76)77)92-46-22(62)31(103-108(81,82)83)21(61)34(95-46)39(65)66/h8,12-38,42-48,52-54,58-64,71H,5-7H2,1-4H3,(H,49,55)(H,50,56)(H,51,57)(H,65,66)(H,67,68)(H,69,70)(H,72,73,74)(H,75,76,77)(H,78,79,80)(H,81,82,83)(H,84,85,86)/t8-,12+,13+,14+,15+,16+,17+,18+,19+,20-,21-,22-,23+,24+,25-,26-,27-,28+,29+,30+,31-,32+,33+,34-,35-,36-,37-,38-,42?,43-,44-,45-,46+,47+,48+/m0/s1. The van der Waals surface area contributed by atoms with E-state index in [0.717, 1.165) is 13.8 Å². The minimum atomic E-state index is -6.29. The Morgan fingerprint density at radius 1 is 0.312 bits per heavy atom. The van der Waals surface area contributed by atoms with Crippen molar-refractivity contribution in [2.75, 3.05) is 19.8 Å². The maximum atomic E-state index is 13.6. The average Bonchev–Trinajstić information content (AvgIpc) is 0.757. The first kappa shape index (κ1) is 91.4. The van der Waals surface area contributed by atoms with Crippen LogP contribution >= 0.6 is 0 Å². The third-order valence-corrected chi connectivity index (χ3v) is 19.0. The Hall–Kier alpha value is -4.79. The van der Waals surface area contributed by atoms with E-state index in [2.05, 4.69) is 22.0 Å². The molecule has 7 aliphatic heterocycles. The van der Waals surface area contributed by atoms with Crippen LogP contribution in [0.1, 0.15) is 27.7 Å². The number of aliphatic hydroxyl groups excluding tert-OH is 11. The van der Waals surface area contributed by atoms with Gasteiger partial charge < -0.3 is 149 Å². The Morgan fingerprint density at radius 2 is 0.596 bits per heavy atom. The fourth-order valence-corrected chi connectivity index (χ4v) is 14.8. The Balaban J connectivity index is 1.34. The number of carboxylic acid groups (broad SMARTS) is 3. The number of hydrogen-bond donors (Lipinski definition) is 22. The van der Waals surface area contributed by atoms with Gasteiger partial charge in [-0.2, -0.15) is 42.1 Å². The molecule has 61 heteroatoms. The lowest BCUT2D eigenvalue weighted by atomic mass is 9.93. The number of aliphatic hydroxyl groups is 11. The summed E-state index contributed by atoms with van der Waals surface area (Å²) >= 11 is 0. The smallest absolute Gasteiger partial charge is 0.397 e. The zero-order valence-electron chi connectivity index (χ0n) is 55.2. The summed E-state index contributed by atoms with van der Waals surface area (Å²) in [5.41, 5.74) is 0. The maximum absolute atomic E-state index is 13.6. The molecule has 0 bridgehead atoms. The number of rotatable bonds is 31. The van der Waals surface area contributed by atoms with Crippen molar-refractivity contribution >= 4 is 87.6 Å². The second kappa shape index (κ2) is 36.4. The third-order valence-electron chi connectivity index (χ3n) is 16.6. The molecule has 0 aliphatic carbocycles. The van der Waals surface area contributed by atoms with E-state index in [4.69, 9.17) is 65.8 Å². The number of amides is 3. The molecule has 7 rings (SSSR count). The van der Waals surface area contributed by atoms with Crippen LogP contribution in [-0.2, 0) is 163 Å². The van der Waals surface area contributed by atoms with Gasteiger partial charge in [-0.1, -0.05) is 0 Å². The van der Waals surface area contributed by atoms with Crippen molar-refractivity contribution in [3.05, 3.63) is 0 Å². The summed E-state index contributed by atoms with van der Waals surface area (Å²) in [5.74, 6) is -11.0. The predicted octanol–water partition coefficient (Wildman–Crippen LogP) is -15.4. The van der Waals surface area contributed by atoms with Crippen molar-refractivity contribution in [3.63, 3.8) is 0 Å². The van der Waals surface area contributed by atoms with Gasteiger partial charge >= 0.3 is 69.9 Å². The second-order valence-corrected chi connectivity index (χ2v) is 29.6. The van der Waals surface area contributed by atoms with Gasteiger partial charge in [0.25, 0.3) is 0 Å². The van der Waals surface area contributed by atoms with E-state index in [1.54, 1.807) is 0 Å². The number of carboxylic acids is 3. The number of hydrogen-bond acceptors (Lipinski definition) is 45. The molecule has 22 N–H and O–H groups in total. The predicted molar refractivity (Wildman–Crippen MR) is 319 cm³/mol. The molecule has 7 fully saturated rings. The Morgan fingerprint density at radius 3 is 0.954 bits per heavy atom. The van der Waals surface area contributed by atoms with E-state index in [0.29, 0.717) is 13.8 Å². The van der Waals surface area contributed by atoms with Crippen LogP contribution in [0, 0.1) is 0 Å². The molecule has 7 saturated heterocycles. The number of carbonyl (C=O) groups is 6. The van der Waals surface area contributed by atoms with Crippen LogP contribution in [0.5, 0.6) is 0 Å². The molecule has 0 aromatic carbocycles. The van der Waals surface area contributed by atoms with Gasteiger partial charge in [0.15, 0.2) is 62.3 Å². The van der Waals surface area contributed by atoms with Crippen molar-refractivity contribution in [1.82, 2.24) is 16.0 Å². The van der Waals surface area contributed by atoms with Crippen molar-refractivity contribution in [3.8, 4) is 0 Å². The van der Waals surface area contributed by atoms with Crippen molar-refractivity contribution < 1.29 is 248 Å². The van der Waals surface area contributed by atoms with Crippen LogP contribution in [0.3, 0.4) is 0 Å². The second-order valence-electron chi connectivity index (χ2n) is 24.4. The van der Waals surface area contributed by atoms with Gasteiger partial charge in [-0.25, -0.2) is 35.3 Å². The number of nitrogens with one attached hydrogen (secondary N) is 3. The first-order valence-electron chi connectivity index (χ1n) is 30.7. The SMILES string of the molecule is CC(=O)N[C@H]1[C@H](O[C@H]2[C@H](OS(=O)(=O)O)[C@@H](O)[C@H](O[C@@H]3[C@@H](NC(C)=O)[C@H](O[C@H]4[C@H](O[C@@H]5O[C@@H](C)[C@@H](O)[C@@H](O)[C@@H]5O)[C@@H](O)[C@H](O[C@H]5[C@@H](OS(=O)(=O)O)[C@@H](CO)OC(O)[C@@H]5NC(C)=O)O[C@@H]4C(=O)O)O[C@H](CO)[C@@H]3OS(=O)(=O)O)O[C@@H]2C(=O)O)O[C@H](CO)[C@H](OS(=O)(=O)O)[C@@H]1O[C@@H]1O[C@H](C(=O)O)[C@@H](O)[C@H](OS(=O)(=O)O)[C@@H]1O. The highest BCUT2D eigenvalue weighted by Gasteiger charge is 2.64. The normalized spacial score (nSPS) is 42.1. The highest BCUT2D eigenvalue weighted by atomic mass is 32.3. The Kier molecular flexibility index (Phi) is 30.5. The van der Waals surface area contributed by atoms with E-state index in [1.807, 2.05) is 10.6 Å². The molecule has 0 spiro atoms. The molecule has 1 unspecified atom stereocenters. The van der Waals surface area contributed by atoms with Gasteiger partial charge in [0.1, 0.15) is 146 Å². The quantitative estimate of drug-likeness (QED) is 0.0287. The Bertz CT molecular complexity index is 3790. The first-order valence-corrected chi connectivity index (χ1v) is 37.6. The monoisotopic (exact) mass is 1700 g/mol. The lowest BCUT2D eigenvalue weighted by molar-refractivity contribution is -0.389. The van der Waals surface area contributed by atoms with Crippen molar-refractivity contribution in [1.29, 1.82) is 0 Å². The van der Waals surface area contributed by atoms with Gasteiger partial charge in [0.05, 0.1) is 25.9 Å². The lowest BCUT2D eigenvalue weighted by Crippen LogP contribution is -2.72. The fraction of sp³-hybridized carbons (Fsp3) is 0.875. The van der Waals surface area contributed by atoms with Crippen LogP contribution in [0.2, 0.25) is 0 Å². The van der Waals surface area contributed by atoms with Gasteiger partial charge in [0, 0.05) is 20.8 Å². The molecule has 56 nitrogen and oxygen atoms in total. The van der Waals surface area contributed by atoms with Crippen LogP contribution in [0.15, 0.2) is 0 Å². The van der Waals surface area contributed by atoms with Crippen molar-refractivity contribution in [2.45, 2.75) is 242 Å². The summed E-state index contributed by atoms with van der Waals surface area (Å²) in [4.78, 5) is 78.4. The van der Waals surface area contributed by atoms with Gasteiger partial charge in [-0.05, 0) is 6.92 Å². The fourth-order valence-electron chi connectivity index (χ4n) is 12.3. The molecule has 630 valence electrons. The minimum Gasteiger partial charge on any atom is -0.479 e. The molecule has 3 amide bonds. The maximum Gasteiger partial charge on any atom is 0.397 e. The van der Waals surface area contributed by atoms with Gasteiger partial charge in [0.2, 0.25) is 17.7 Å². The van der Waals surface area contributed by atoms with Crippen LogP contribution in [0.25, 0.3) is 0 Å². The van der Waals surface area contributed by atoms with Crippen LogP contribution in [0.4, 0.5) is 0 Å². The zero-order valence-corrected chi connectivity index (χ0v) is 59.3. The van der Waals surface area contributed by atoms with E-state index < -0.39 is 322 Å². The molecule has 0 radical (unpaired) electrons. The number of ether oxygens (including phenoxy) is 13. The van der Waals surface area contributed by atoms with Crippen LogP contribution < -0.4 is 16.0 Å². The summed E-state index contributed by atoms with van der Waals surface area (Å²) in [7, 11) is -29.9. The molecule has 35 atom stereocenters. The topological polar surface area (TPSA) is 860 Å². The summed E-state index contributed by atoms with van der Waals surface area (Å²) < 4.78 is 270. The summed E-state index contributed by atoms with van der Waals surface area (Å²) in [5, 5.41) is 159.